The number of hydrogen-bond acceptors (Lipinski definition) is 3. The van der Waals surface area contributed by atoms with Crippen molar-refractivity contribution in [2.45, 2.75) is 39.8 Å². The molecule has 0 spiro atoms. The number of aromatic nitrogens is 2. The van der Waals surface area contributed by atoms with Crippen molar-refractivity contribution in [1.82, 2.24) is 15.1 Å². The number of para-hydroxylation sites is 1. The molecule has 112 valence electrons. The highest BCUT2D eigenvalue weighted by Crippen LogP contribution is 2.26. The summed E-state index contributed by atoms with van der Waals surface area (Å²) in [6.07, 6.45) is 2.43. The highest BCUT2D eigenvalue weighted by Gasteiger charge is 2.13. The fourth-order valence-corrected chi connectivity index (χ4v) is 3.12. The Kier molecular flexibility index (Phi) is 3.97. The first-order valence-corrected chi connectivity index (χ1v) is 7.71. The third kappa shape index (κ3) is 2.81. The van der Waals surface area contributed by atoms with Crippen LogP contribution in [0.2, 0.25) is 0 Å². The summed E-state index contributed by atoms with van der Waals surface area (Å²) in [5, 5.41) is 11.6. The van der Waals surface area contributed by atoms with Gasteiger partial charge in [-0.15, -0.1) is 0 Å². The minimum atomic E-state index is 0.870. The van der Waals surface area contributed by atoms with Crippen molar-refractivity contribution in [2.75, 3.05) is 11.9 Å². The molecule has 0 saturated heterocycles. The van der Waals surface area contributed by atoms with Gasteiger partial charge in [0.2, 0.25) is 0 Å². The van der Waals surface area contributed by atoms with Crippen LogP contribution in [0.15, 0.2) is 18.2 Å². The van der Waals surface area contributed by atoms with Gasteiger partial charge in [-0.05, 0) is 37.8 Å². The Morgan fingerprint density at radius 2 is 2.14 bits per heavy atom. The van der Waals surface area contributed by atoms with E-state index in [9.17, 15) is 0 Å². The number of aryl methyl sites for hydroxylation is 3. The first-order valence-electron chi connectivity index (χ1n) is 7.71. The van der Waals surface area contributed by atoms with Crippen molar-refractivity contribution in [2.24, 2.45) is 7.05 Å². The molecule has 4 nitrogen and oxygen atoms in total. The molecule has 1 aromatic carbocycles. The van der Waals surface area contributed by atoms with Gasteiger partial charge in [-0.1, -0.05) is 18.2 Å². The molecule has 2 heterocycles. The Bertz CT molecular complexity index is 642. The second-order valence-corrected chi connectivity index (χ2v) is 5.86. The van der Waals surface area contributed by atoms with E-state index in [-0.39, 0.29) is 0 Å². The molecule has 21 heavy (non-hydrogen) atoms. The molecular formula is C17H24N4. The Morgan fingerprint density at radius 1 is 1.29 bits per heavy atom. The molecule has 1 aromatic heterocycles. The van der Waals surface area contributed by atoms with Gasteiger partial charge in [0.1, 0.15) is 0 Å². The predicted molar refractivity (Wildman–Crippen MR) is 86.5 cm³/mol. The lowest BCUT2D eigenvalue weighted by Crippen LogP contribution is -2.18. The van der Waals surface area contributed by atoms with Crippen LogP contribution in [-0.2, 0) is 26.6 Å². The van der Waals surface area contributed by atoms with Crippen LogP contribution >= 0.6 is 0 Å². The van der Waals surface area contributed by atoms with E-state index in [0.29, 0.717) is 0 Å². The minimum Gasteiger partial charge on any atom is -0.385 e. The lowest BCUT2D eigenvalue weighted by atomic mass is 9.99. The van der Waals surface area contributed by atoms with Gasteiger partial charge < -0.3 is 10.6 Å². The minimum absolute atomic E-state index is 0.870. The second kappa shape index (κ2) is 5.90. The summed E-state index contributed by atoms with van der Waals surface area (Å²) < 4.78 is 1.96. The Morgan fingerprint density at radius 3 is 2.90 bits per heavy atom. The van der Waals surface area contributed by atoms with Crippen molar-refractivity contribution < 1.29 is 0 Å². The third-order valence-electron chi connectivity index (χ3n) is 4.44. The van der Waals surface area contributed by atoms with E-state index in [1.165, 1.54) is 40.9 Å². The zero-order chi connectivity index (χ0) is 14.8. The van der Waals surface area contributed by atoms with Crippen LogP contribution in [0, 0.1) is 13.8 Å². The largest absolute Gasteiger partial charge is 0.385 e. The normalized spacial score (nSPS) is 13.9. The topological polar surface area (TPSA) is 41.9 Å². The maximum atomic E-state index is 4.47. The first-order chi connectivity index (χ1) is 10.2. The molecule has 0 fully saturated rings. The molecule has 0 unspecified atom stereocenters. The summed E-state index contributed by atoms with van der Waals surface area (Å²) in [6.45, 7) is 7.06. The van der Waals surface area contributed by atoms with Crippen molar-refractivity contribution in [3.8, 4) is 0 Å². The quantitative estimate of drug-likeness (QED) is 0.907. The van der Waals surface area contributed by atoms with Gasteiger partial charge in [0.15, 0.2) is 0 Å². The molecule has 0 aliphatic carbocycles. The Hall–Kier alpha value is -1.81. The standard InChI is InChI=1S/C17H24N4/c1-12-16(13(2)21(3)20-12)11-18-10-15-7-4-6-14-8-5-9-19-17(14)15/h4,6-7,18-19H,5,8-11H2,1-3H3. The summed E-state index contributed by atoms with van der Waals surface area (Å²) in [5.74, 6) is 0. The highest BCUT2D eigenvalue weighted by atomic mass is 15.3. The number of rotatable bonds is 4. The Labute approximate surface area is 126 Å². The average Bonchev–Trinajstić information content (AvgIpc) is 2.73. The molecule has 1 aliphatic heterocycles. The van der Waals surface area contributed by atoms with Crippen molar-refractivity contribution >= 4 is 5.69 Å². The number of hydrogen-bond donors (Lipinski definition) is 2. The van der Waals surface area contributed by atoms with Crippen LogP contribution in [0.4, 0.5) is 5.69 Å². The molecule has 3 rings (SSSR count). The molecule has 0 atom stereocenters. The van der Waals surface area contributed by atoms with E-state index in [1.807, 2.05) is 11.7 Å². The highest BCUT2D eigenvalue weighted by molar-refractivity contribution is 5.59. The molecule has 2 N–H and O–H groups in total. The van der Waals surface area contributed by atoms with Crippen molar-refractivity contribution in [3.05, 3.63) is 46.3 Å². The van der Waals surface area contributed by atoms with E-state index in [4.69, 9.17) is 0 Å². The SMILES string of the molecule is Cc1nn(C)c(C)c1CNCc1cccc2c1NCCC2. The molecule has 0 radical (unpaired) electrons. The van der Waals surface area contributed by atoms with Gasteiger partial charge in [0.25, 0.3) is 0 Å². The van der Waals surface area contributed by atoms with Gasteiger partial charge in [-0.25, -0.2) is 0 Å². The number of nitrogens with one attached hydrogen (secondary N) is 2. The van der Waals surface area contributed by atoms with Crippen LogP contribution in [0.3, 0.4) is 0 Å². The molecule has 4 heteroatoms. The van der Waals surface area contributed by atoms with Crippen molar-refractivity contribution in [3.63, 3.8) is 0 Å². The van der Waals surface area contributed by atoms with E-state index in [0.717, 1.165) is 25.3 Å². The second-order valence-electron chi connectivity index (χ2n) is 5.86. The van der Waals surface area contributed by atoms with E-state index < -0.39 is 0 Å². The Balaban J connectivity index is 1.68. The summed E-state index contributed by atoms with van der Waals surface area (Å²) in [4.78, 5) is 0. The summed E-state index contributed by atoms with van der Waals surface area (Å²) in [5.41, 5.74) is 7.84. The van der Waals surface area contributed by atoms with Gasteiger partial charge in [-0.2, -0.15) is 5.10 Å². The third-order valence-corrected chi connectivity index (χ3v) is 4.44. The maximum Gasteiger partial charge on any atom is 0.0641 e. The van der Waals surface area contributed by atoms with E-state index >= 15 is 0 Å². The number of benzene rings is 1. The number of fused-ring (bicyclic) bond motifs is 1. The fourth-order valence-electron chi connectivity index (χ4n) is 3.12. The predicted octanol–water partition coefficient (Wildman–Crippen LogP) is 2.68. The molecule has 0 saturated carbocycles. The van der Waals surface area contributed by atoms with E-state index in [1.54, 1.807) is 0 Å². The summed E-state index contributed by atoms with van der Waals surface area (Å²) in [7, 11) is 2.00. The average molecular weight is 284 g/mol. The lowest BCUT2D eigenvalue weighted by molar-refractivity contribution is 0.681. The summed E-state index contributed by atoms with van der Waals surface area (Å²) in [6, 6.07) is 6.62. The van der Waals surface area contributed by atoms with Gasteiger partial charge >= 0.3 is 0 Å². The zero-order valence-corrected chi connectivity index (χ0v) is 13.2. The molecule has 1 aliphatic rings. The summed E-state index contributed by atoms with van der Waals surface area (Å²) >= 11 is 0. The van der Waals surface area contributed by atoms with Crippen LogP contribution in [0.1, 0.15) is 34.5 Å². The van der Waals surface area contributed by atoms with Gasteiger partial charge in [0, 0.05) is 43.6 Å². The molecule has 0 bridgehead atoms. The lowest BCUT2D eigenvalue weighted by Gasteiger charge is -2.21. The first kappa shape index (κ1) is 14.1. The zero-order valence-electron chi connectivity index (χ0n) is 13.2. The van der Waals surface area contributed by atoms with Gasteiger partial charge in [0.05, 0.1) is 5.69 Å². The number of nitrogens with zero attached hydrogens (tertiary/aromatic N) is 2. The maximum absolute atomic E-state index is 4.47. The van der Waals surface area contributed by atoms with Crippen LogP contribution < -0.4 is 10.6 Å². The van der Waals surface area contributed by atoms with Crippen LogP contribution in [-0.4, -0.2) is 16.3 Å². The fraction of sp³-hybridized carbons (Fsp3) is 0.471. The van der Waals surface area contributed by atoms with E-state index in [2.05, 4.69) is 47.8 Å². The number of anilines is 1. The van der Waals surface area contributed by atoms with Gasteiger partial charge in [-0.3, -0.25) is 4.68 Å². The monoisotopic (exact) mass is 284 g/mol. The molecule has 2 aromatic rings. The van der Waals surface area contributed by atoms with Crippen LogP contribution in [0.5, 0.6) is 0 Å². The molecular weight excluding hydrogens is 260 g/mol. The van der Waals surface area contributed by atoms with Crippen LogP contribution in [0.25, 0.3) is 0 Å². The smallest absolute Gasteiger partial charge is 0.0641 e. The van der Waals surface area contributed by atoms with Crippen molar-refractivity contribution in [1.29, 1.82) is 0 Å². The molecule has 0 amide bonds.